The Hall–Kier alpha value is -1.05. The molecule has 0 aromatic rings. The van der Waals surface area contributed by atoms with E-state index in [1.165, 1.54) is 0 Å². The van der Waals surface area contributed by atoms with Crippen molar-refractivity contribution in [2.45, 2.75) is 0 Å². The first-order valence-electron chi connectivity index (χ1n) is 9.75. The highest BCUT2D eigenvalue weighted by atomic mass is 35.5. The number of hydrogen-bond donors (Lipinski definition) is 2. The lowest BCUT2D eigenvalue weighted by Gasteiger charge is -2.08. The molecule has 178 valence electrons. The van der Waals surface area contributed by atoms with Crippen LogP contribution in [0.1, 0.15) is 0 Å². The smallest absolute Gasteiger partial charge is 0.329 e. The molecule has 12 heteroatoms. The number of rotatable bonds is 24. The first kappa shape index (κ1) is 28.9. The Kier molecular flexibility index (Phi) is 23.4. The van der Waals surface area contributed by atoms with Crippen LogP contribution < -0.4 is 5.32 Å². The fourth-order valence-electron chi connectivity index (χ4n) is 1.80. The highest BCUT2D eigenvalue weighted by molar-refractivity contribution is 6.17. The fraction of sp³-hybridized carbons (Fsp3) is 0.889. The Labute approximate surface area is 182 Å². The molecule has 0 bridgehead atoms. The summed E-state index contributed by atoms with van der Waals surface area (Å²) in [7, 11) is 0. The zero-order chi connectivity index (χ0) is 22.1. The number of ether oxygens (including phenoxy) is 7. The molecule has 0 aliphatic rings. The van der Waals surface area contributed by atoms with E-state index < -0.39 is 18.5 Å². The standard InChI is InChI=1S/C18H34ClNO10/c19-1-3-24-5-7-26-9-11-28-13-14-29-12-10-27-8-6-25-4-2-20-17(21)15-30-16-18(22)23/h1-16H2,(H,20,21)(H,22,23). The molecule has 0 aliphatic heterocycles. The van der Waals surface area contributed by atoms with Gasteiger partial charge in [0.25, 0.3) is 0 Å². The van der Waals surface area contributed by atoms with Crippen molar-refractivity contribution >= 4 is 23.5 Å². The van der Waals surface area contributed by atoms with Gasteiger partial charge in [-0.2, -0.15) is 0 Å². The number of amides is 1. The van der Waals surface area contributed by atoms with Gasteiger partial charge >= 0.3 is 5.97 Å². The molecular weight excluding hydrogens is 426 g/mol. The number of nitrogens with one attached hydrogen (secondary N) is 1. The van der Waals surface area contributed by atoms with Gasteiger partial charge in [0.2, 0.25) is 5.91 Å². The molecule has 0 saturated carbocycles. The molecule has 11 nitrogen and oxygen atoms in total. The first-order valence-corrected chi connectivity index (χ1v) is 10.3. The van der Waals surface area contributed by atoms with Gasteiger partial charge < -0.3 is 43.6 Å². The maximum atomic E-state index is 11.3. The van der Waals surface area contributed by atoms with Crippen molar-refractivity contribution in [3.63, 3.8) is 0 Å². The average molecular weight is 460 g/mol. The molecule has 2 N–H and O–H groups in total. The summed E-state index contributed by atoms with van der Waals surface area (Å²) < 4.78 is 36.5. The van der Waals surface area contributed by atoms with Crippen molar-refractivity contribution in [2.24, 2.45) is 0 Å². The van der Waals surface area contributed by atoms with Gasteiger partial charge in [0.05, 0.1) is 79.3 Å². The monoisotopic (exact) mass is 459 g/mol. The van der Waals surface area contributed by atoms with Gasteiger partial charge in [-0.05, 0) is 0 Å². The van der Waals surface area contributed by atoms with Crippen LogP contribution in [0.25, 0.3) is 0 Å². The molecule has 0 aromatic carbocycles. The van der Waals surface area contributed by atoms with Crippen molar-refractivity contribution < 1.29 is 47.9 Å². The molecule has 0 spiro atoms. The Morgan fingerprint density at radius 3 is 1.40 bits per heavy atom. The fourth-order valence-corrected chi connectivity index (χ4v) is 1.91. The summed E-state index contributed by atoms with van der Waals surface area (Å²) >= 11 is 5.47. The molecule has 0 saturated heterocycles. The lowest BCUT2D eigenvalue weighted by atomic mass is 10.6. The van der Waals surface area contributed by atoms with Crippen LogP contribution in [0.15, 0.2) is 0 Å². The maximum absolute atomic E-state index is 11.3. The van der Waals surface area contributed by atoms with Crippen LogP contribution in [0.5, 0.6) is 0 Å². The maximum Gasteiger partial charge on any atom is 0.329 e. The van der Waals surface area contributed by atoms with E-state index in [4.69, 9.17) is 45.1 Å². The molecule has 30 heavy (non-hydrogen) atoms. The number of carbonyl (C=O) groups is 2. The van der Waals surface area contributed by atoms with Gasteiger partial charge in [0, 0.05) is 12.4 Å². The molecule has 0 unspecified atom stereocenters. The zero-order valence-electron chi connectivity index (χ0n) is 17.3. The van der Waals surface area contributed by atoms with E-state index in [9.17, 15) is 9.59 Å². The summed E-state index contributed by atoms with van der Waals surface area (Å²) in [6, 6.07) is 0. The molecule has 0 rings (SSSR count). The van der Waals surface area contributed by atoms with E-state index in [0.29, 0.717) is 91.7 Å². The minimum absolute atomic E-state index is 0.293. The predicted octanol–water partition coefficient (Wildman–Crippen LogP) is -0.458. The molecule has 0 heterocycles. The van der Waals surface area contributed by atoms with Crippen LogP contribution >= 0.6 is 11.6 Å². The number of carbonyl (C=O) groups excluding carboxylic acids is 1. The number of carboxylic acid groups (broad SMARTS) is 1. The molecule has 0 fully saturated rings. The van der Waals surface area contributed by atoms with Gasteiger partial charge in [-0.3, -0.25) is 4.79 Å². The average Bonchev–Trinajstić information content (AvgIpc) is 2.72. The van der Waals surface area contributed by atoms with E-state index in [1.54, 1.807) is 0 Å². The molecule has 0 atom stereocenters. The Morgan fingerprint density at radius 2 is 1.00 bits per heavy atom. The summed E-state index contributed by atoms with van der Waals surface area (Å²) in [5.41, 5.74) is 0. The second-order valence-electron chi connectivity index (χ2n) is 5.60. The van der Waals surface area contributed by atoms with Crippen molar-refractivity contribution in [3.05, 3.63) is 0 Å². The van der Waals surface area contributed by atoms with Crippen molar-refractivity contribution in [2.75, 3.05) is 105 Å². The Morgan fingerprint density at radius 1 is 0.600 bits per heavy atom. The zero-order valence-corrected chi connectivity index (χ0v) is 18.1. The summed E-state index contributed by atoms with van der Waals surface area (Å²) in [4.78, 5) is 21.5. The van der Waals surface area contributed by atoms with Crippen LogP contribution in [-0.4, -0.2) is 122 Å². The molecule has 1 amide bonds. The lowest BCUT2D eigenvalue weighted by molar-refractivity contribution is -0.143. The number of halogens is 1. The van der Waals surface area contributed by atoms with Crippen LogP contribution in [0.2, 0.25) is 0 Å². The van der Waals surface area contributed by atoms with Crippen LogP contribution in [0.3, 0.4) is 0 Å². The third-order valence-electron chi connectivity index (χ3n) is 3.11. The highest BCUT2D eigenvalue weighted by Gasteiger charge is 2.02. The largest absolute Gasteiger partial charge is 0.480 e. The van der Waals surface area contributed by atoms with Crippen LogP contribution in [0, 0.1) is 0 Å². The van der Waals surface area contributed by atoms with E-state index in [-0.39, 0.29) is 6.61 Å². The molecule has 0 aromatic heterocycles. The second-order valence-corrected chi connectivity index (χ2v) is 5.98. The molecule has 0 aliphatic carbocycles. The van der Waals surface area contributed by atoms with E-state index in [2.05, 4.69) is 10.1 Å². The van der Waals surface area contributed by atoms with Crippen molar-refractivity contribution in [1.82, 2.24) is 5.32 Å². The predicted molar refractivity (Wildman–Crippen MR) is 107 cm³/mol. The van der Waals surface area contributed by atoms with Gasteiger partial charge in [0.15, 0.2) is 0 Å². The first-order chi connectivity index (χ1) is 14.7. The third kappa shape index (κ3) is 25.0. The number of hydrogen-bond acceptors (Lipinski definition) is 9. The van der Waals surface area contributed by atoms with E-state index in [0.717, 1.165) is 0 Å². The summed E-state index contributed by atoms with van der Waals surface area (Å²) in [5, 5.41) is 10.9. The topological polar surface area (TPSA) is 131 Å². The van der Waals surface area contributed by atoms with Gasteiger partial charge in [-0.25, -0.2) is 4.79 Å². The molecule has 0 radical (unpaired) electrons. The summed E-state index contributed by atoms with van der Waals surface area (Å²) in [6.45, 7) is 5.14. The minimum atomic E-state index is -1.12. The molecular formula is C18H34ClNO10. The second kappa shape index (κ2) is 24.2. The summed E-state index contributed by atoms with van der Waals surface area (Å²) in [5.74, 6) is -1.02. The normalized spacial score (nSPS) is 11.0. The number of carboxylic acids is 1. The Bertz CT molecular complexity index is 403. The highest BCUT2D eigenvalue weighted by Crippen LogP contribution is 1.85. The van der Waals surface area contributed by atoms with Gasteiger partial charge in [0.1, 0.15) is 13.2 Å². The lowest BCUT2D eigenvalue weighted by Crippen LogP contribution is -2.31. The quantitative estimate of drug-likeness (QED) is 0.144. The van der Waals surface area contributed by atoms with Crippen LogP contribution in [-0.2, 0) is 42.7 Å². The minimum Gasteiger partial charge on any atom is -0.480 e. The van der Waals surface area contributed by atoms with E-state index >= 15 is 0 Å². The van der Waals surface area contributed by atoms with Gasteiger partial charge in [-0.1, -0.05) is 0 Å². The van der Waals surface area contributed by atoms with Crippen molar-refractivity contribution in [3.8, 4) is 0 Å². The third-order valence-corrected chi connectivity index (χ3v) is 3.26. The van der Waals surface area contributed by atoms with Crippen LogP contribution in [0.4, 0.5) is 0 Å². The summed E-state index contributed by atoms with van der Waals surface area (Å²) in [6.07, 6.45) is 0. The number of aliphatic carboxylic acids is 1. The number of alkyl halides is 1. The Balaban J connectivity index is 3.09. The SMILES string of the molecule is O=C(O)COCC(=O)NCCOCCOCCOCCOCCOCCOCCCl. The van der Waals surface area contributed by atoms with E-state index in [1.807, 2.05) is 0 Å². The van der Waals surface area contributed by atoms with Crippen molar-refractivity contribution in [1.29, 1.82) is 0 Å². The van der Waals surface area contributed by atoms with Gasteiger partial charge in [-0.15, -0.1) is 11.6 Å².